The van der Waals surface area contributed by atoms with Gasteiger partial charge >= 0.3 is 16.4 Å². The van der Waals surface area contributed by atoms with Crippen molar-refractivity contribution in [2.24, 2.45) is 23.9 Å². The molecule has 1 amide bonds. The van der Waals surface area contributed by atoms with Crippen molar-refractivity contribution in [3.63, 3.8) is 0 Å². The number of thiazole rings is 1. The molecule has 4 rings (SSSR count). The highest BCUT2D eigenvalue weighted by atomic mass is 32.3. The summed E-state index contributed by atoms with van der Waals surface area (Å²) in [4.78, 5) is 47.8. The van der Waals surface area contributed by atoms with E-state index in [-0.39, 0.29) is 10.8 Å². The van der Waals surface area contributed by atoms with Crippen molar-refractivity contribution in [1.29, 1.82) is 0 Å². The number of hydrogen-bond acceptors (Lipinski definition) is 13. The van der Waals surface area contributed by atoms with Crippen molar-refractivity contribution in [2.75, 3.05) is 18.9 Å². The molecule has 1 saturated heterocycles. The summed E-state index contributed by atoms with van der Waals surface area (Å²) in [6.07, 6.45) is 4.30. The van der Waals surface area contributed by atoms with Crippen LogP contribution in [0, 0.1) is 5.92 Å². The maximum Gasteiger partial charge on any atom is 0.418 e. The maximum absolute atomic E-state index is 13.4. The van der Waals surface area contributed by atoms with Crippen LogP contribution in [0.1, 0.15) is 39.3 Å². The number of nitrogens with zero attached hydrogens (tertiary/aromatic N) is 5. The minimum Gasteiger partial charge on any atom is -0.489 e. The molecule has 1 fully saturated rings. The maximum atomic E-state index is 13.4. The van der Waals surface area contributed by atoms with Crippen LogP contribution in [0.15, 0.2) is 47.2 Å². The molecule has 0 bridgehead atoms. The third-order valence-electron chi connectivity index (χ3n) is 7.56. The molecule has 47 heavy (non-hydrogen) atoms. The number of hydrogen-bond donors (Lipinski definition) is 4. The molecule has 2 aromatic heterocycles. The van der Waals surface area contributed by atoms with E-state index in [9.17, 15) is 27.9 Å². The zero-order valence-corrected chi connectivity index (χ0v) is 27.7. The number of amides is 1. The number of nitrogens with two attached hydrogens (primary N) is 2. The Morgan fingerprint density at radius 1 is 1.23 bits per heavy atom. The van der Waals surface area contributed by atoms with E-state index in [0.717, 1.165) is 35.4 Å². The summed E-state index contributed by atoms with van der Waals surface area (Å²) in [6, 6.07) is 7.00. The highest BCUT2D eigenvalue weighted by Gasteiger charge is 2.57. The van der Waals surface area contributed by atoms with E-state index in [2.05, 4.69) is 14.4 Å². The van der Waals surface area contributed by atoms with Crippen LogP contribution < -0.4 is 20.9 Å². The Kier molecular flexibility index (Phi) is 10.4. The summed E-state index contributed by atoms with van der Waals surface area (Å²) in [6.45, 7) is 4.91. The van der Waals surface area contributed by atoms with Gasteiger partial charge in [0.15, 0.2) is 23.7 Å². The zero-order chi connectivity index (χ0) is 34.7. The second kappa shape index (κ2) is 13.7. The first-order valence-corrected chi connectivity index (χ1v) is 16.4. The average molecular weight is 695 g/mol. The fraction of sp³-hybridized carbons (Fsp3) is 0.429. The summed E-state index contributed by atoms with van der Waals surface area (Å²) < 4.78 is 45.3. The zero-order valence-electron chi connectivity index (χ0n) is 26.0. The number of carboxylic acids is 1. The third kappa shape index (κ3) is 8.11. The number of ketones is 1. The first kappa shape index (κ1) is 35.4. The van der Waals surface area contributed by atoms with E-state index >= 15 is 0 Å². The fourth-order valence-electron chi connectivity index (χ4n) is 4.71. The van der Waals surface area contributed by atoms with E-state index in [1.807, 2.05) is 40.9 Å². The van der Waals surface area contributed by atoms with Gasteiger partial charge in [0.25, 0.3) is 11.5 Å². The lowest BCUT2D eigenvalue weighted by Gasteiger charge is -2.50. The predicted octanol–water partition coefficient (Wildman–Crippen LogP) is 0.941. The van der Waals surface area contributed by atoms with Gasteiger partial charge in [-0.05, 0) is 51.4 Å². The average Bonchev–Trinajstić information content (AvgIpc) is 3.60. The molecule has 3 heterocycles. The number of carbonyl (C=O) groups excluding carboxylic acids is 2. The number of β-lactam (4-membered cyclic amide) rings is 1. The molecule has 3 aromatic rings. The van der Waals surface area contributed by atoms with Gasteiger partial charge in [-0.25, -0.2) is 9.78 Å². The number of hydroxylamine groups is 2. The Hall–Kier alpha value is -4.43. The number of benzene rings is 1. The van der Waals surface area contributed by atoms with E-state index in [0.29, 0.717) is 17.4 Å². The van der Waals surface area contributed by atoms with Crippen molar-refractivity contribution in [1.82, 2.24) is 14.7 Å². The van der Waals surface area contributed by atoms with Gasteiger partial charge in [0, 0.05) is 11.8 Å². The molecule has 254 valence electrons. The van der Waals surface area contributed by atoms with Crippen LogP contribution >= 0.6 is 11.3 Å². The van der Waals surface area contributed by atoms with Crippen LogP contribution in [0.5, 0.6) is 5.75 Å². The number of anilines is 1. The summed E-state index contributed by atoms with van der Waals surface area (Å²) >= 11 is 0.988. The van der Waals surface area contributed by atoms with Crippen molar-refractivity contribution < 1.29 is 51.0 Å². The van der Waals surface area contributed by atoms with E-state index in [1.54, 1.807) is 12.1 Å². The first-order valence-electron chi connectivity index (χ1n) is 14.2. The molecule has 6 N–H and O–H groups in total. The summed E-state index contributed by atoms with van der Waals surface area (Å²) in [7, 11) is -3.06. The number of aryl methyl sites for hydroxylation is 2. The molecule has 0 aliphatic carbocycles. The molecule has 17 nitrogen and oxygen atoms in total. The number of carboxylic acid groups (broad SMARTS) is 1. The fourth-order valence-corrected chi connectivity index (χ4v) is 5.71. The molecule has 0 radical (unpaired) electrons. The van der Waals surface area contributed by atoms with Crippen molar-refractivity contribution in [3.05, 3.63) is 47.7 Å². The topological polar surface area (TPSA) is 243 Å². The molecule has 0 spiro atoms. The number of aliphatic carboxylic acids is 1. The Bertz CT molecular complexity index is 1790. The van der Waals surface area contributed by atoms with Gasteiger partial charge in [-0.2, -0.15) is 18.2 Å². The van der Waals surface area contributed by atoms with Crippen LogP contribution in [0.2, 0.25) is 0 Å². The third-order valence-corrected chi connectivity index (χ3v) is 8.58. The normalized spacial score (nSPS) is 17.6. The van der Waals surface area contributed by atoms with Crippen LogP contribution in [-0.4, -0.2) is 80.5 Å². The minimum atomic E-state index is -4.99. The number of rotatable bonds is 16. The van der Waals surface area contributed by atoms with E-state index in [4.69, 9.17) is 25.6 Å². The molecule has 19 heteroatoms. The first-order chi connectivity index (χ1) is 21.9. The number of Topliss-reactive ketones (excluding diaryl/α,β-unsaturated/α-hetero) is 1. The van der Waals surface area contributed by atoms with Crippen molar-refractivity contribution in [2.45, 2.75) is 51.3 Å². The summed E-state index contributed by atoms with van der Waals surface area (Å²) in [5.41, 5.74) is 9.40. The van der Waals surface area contributed by atoms with Gasteiger partial charge in [0.2, 0.25) is 6.20 Å². The Labute approximate surface area is 274 Å². The van der Waals surface area contributed by atoms with Gasteiger partial charge < -0.3 is 26.1 Å². The van der Waals surface area contributed by atoms with E-state index in [1.165, 1.54) is 26.2 Å². The lowest BCUT2D eigenvalue weighted by atomic mass is 9.74. The SMILES string of the molecule is C[n+]1cc(-c2ccc(OC[C@@](C)(O/N=C(\C(=O)C[C@@H]3C(=O)N(OS(=O)(=O)O)C3(C)C)c3csc(N)n3)C(=O)O)cc2)cn1CCCN. The molecule has 0 unspecified atom stereocenters. The van der Waals surface area contributed by atoms with Crippen LogP contribution in [0.3, 0.4) is 0 Å². The van der Waals surface area contributed by atoms with Crippen LogP contribution in [-0.2, 0) is 47.5 Å². The highest BCUT2D eigenvalue weighted by Crippen LogP contribution is 2.40. The van der Waals surface area contributed by atoms with Gasteiger partial charge in [0.05, 0.1) is 29.8 Å². The van der Waals surface area contributed by atoms with Crippen LogP contribution in [0.4, 0.5) is 5.13 Å². The monoisotopic (exact) mass is 694 g/mol. The largest absolute Gasteiger partial charge is 0.489 e. The number of oxime groups is 1. The Morgan fingerprint density at radius 3 is 2.47 bits per heavy atom. The molecular weight excluding hydrogens is 658 g/mol. The van der Waals surface area contributed by atoms with Crippen molar-refractivity contribution >= 4 is 50.2 Å². The number of ether oxygens (including phenoxy) is 1. The van der Waals surface area contributed by atoms with Gasteiger partial charge in [0.1, 0.15) is 18.1 Å². The van der Waals surface area contributed by atoms with Gasteiger partial charge in [-0.3, -0.25) is 14.1 Å². The highest BCUT2D eigenvalue weighted by molar-refractivity contribution is 7.80. The minimum absolute atomic E-state index is 0.0253. The standard InChI is InChI=1S/C28H35N7O10S2/c1-27(2)20(24(37)35(27)45-47(40,41)42)12-22(36)23(21-15-46-26(30)31-21)32-44-28(3,25(38)39)16-43-19-8-6-17(7-9-19)18-13-33(4)34(14-18)11-5-10-29/h6-9,13-15,20H,5,10-12,16,29H2,1-4H3,(H3-,30,31,38,39,40,41,42)/p+1/b32-23-/t20-,28-/m1/s1. The van der Waals surface area contributed by atoms with E-state index < -0.39 is 63.9 Å². The molecular formula is C28H36N7O10S2+. The Balaban J connectivity index is 1.49. The van der Waals surface area contributed by atoms with Gasteiger partial charge in [-0.1, -0.05) is 17.3 Å². The number of nitrogen functional groups attached to an aromatic ring is 1. The Morgan fingerprint density at radius 2 is 1.91 bits per heavy atom. The molecule has 0 saturated carbocycles. The lowest BCUT2D eigenvalue weighted by molar-refractivity contribution is -0.753. The smallest absolute Gasteiger partial charge is 0.418 e. The predicted molar refractivity (Wildman–Crippen MR) is 167 cm³/mol. The van der Waals surface area contributed by atoms with Crippen molar-refractivity contribution in [3.8, 4) is 16.9 Å². The molecule has 1 aliphatic heterocycles. The molecule has 1 aromatic carbocycles. The number of aromatic nitrogens is 3. The second-order valence-electron chi connectivity index (χ2n) is 11.5. The quantitative estimate of drug-likeness (QED) is 0.0537. The summed E-state index contributed by atoms with van der Waals surface area (Å²) in [5.74, 6) is -3.83. The lowest BCUT2D eigenvalue weighted by Crippen LogP contribution is -2.68. The molecule has 2 atom stereocenters. The van der Waals surface area contributed by atoms with Gasteiger partial charge in [-0.15, -0.1) is 20.3 Å². The molecule has 1 aliphatic rings. The number of carbonyl (C=O) groups is 3. The van der Waals surface area contributed by atoms with Crippen LogP contribution in [0.25, 0.3) is 11.1 Å². The summed E-state index contributed by atoms with van der Waals surface area (Å²) in [5, 5.41) is 15.8. The second-order valence-corrected chi connectivity index (χ2v) is 13.4.